The van der Waals surface area contributed by atoms with E-state index in [4.69, 9.17) is 9.47 Å². The van der Waals surface area contributed by atoms with Crippen LogP contribution in [0.2, 0.25) is 0 Å². The van der Waals surface area contributed by atoms with E-state index in [2.05, 4.69) is 13.8 Å². The van der Waals surface area contributed by atoms with Gasteiger partial charge in [0.05, 0.1) is 20.8 Å². The smallest absolute Gasteiger partial charge is 0.126 e. The van der Waals surface area contributed by atoms with Gasteiger partial charge < -0.3 is 14.6 Å². The van der Waals surface area contributed by atoms with Crippen LogP contribution in [-0.2, 0) is 0 Å². The van der Waals surface area contributed by atoms with Gasteiger partial charge in [-0.05, 0) is 24.0 Å². The van der Waals surface area contributed by atoms with Crippen molar-refractivity contribution in [3.8, 4) is 11.5 Å². The Kier molecular flexibility index (Phi) is 5.29. The lowest BCUT2D eigenvalue weighted by Gasteiger charge is -2.20. The van der Waals surface area contributed by atoms with E-state index in [9.17, 15) is 5.11 Å². The van der Waals surface area contributed by atoms with Gasteiger partial charge in [0.2, 0.25) is 0 Å². The predicted molar refractivity (Wildman–Crippen MR) is 68.8 cm³/mol. The minimum atomic E-state index is 0.121. The minimum absolute atomic E-state index is 0.121. The summed E-state index contributed by atoms with van der Waals surface area (Å²) in [5.74, 6) is 2.21. The summed E-state index contributed by atoms with van der Waals surface area (Å²) in [5.41, 5.74) is 1.05. The normalized spacial score (nSPS) is 12.6. The van der Waals surface area contributed by atoms with Gasteiger partial charge in [-0.15, -0.1) is 0 Å². The monoisotopic (exact) mass is 238 g/mol. The lowest BCUT2D eigenvalue weighted by Crippen LogP contribution is -2.09. The van der Waals surface area contributed by atoms with Crippen LogP contribution in [0.4, 0.5) is 0 Å². The molecule has 1 rings (SSSR count). The second kappa shape index (κ2) is 6.50. The average Bonchev–Trinajstić information content (AvgIpc) is 2.35. The summed E-state index contributed by atoms with van der Waals surface area (Å²) in [4.78, 5) is 0. The van der Waals surface area contributed by atoms with Crippen LogP contribution in [0.1, 0.15) is 31.7 Å². The van der Waals surface area contributed by atoms with E-state index in [1.54, 1.807) is 14.2 Å². The fraction of sp³-hybridized carbons (Fsp3) is 0.571. The SMILES string of the molecule is COc1ccc(C(CO)CC(C)C)c(OC)c1. The summed E-state index contributed by atoms with van der Waals surface area (Å²) in [7, 11) is 3.27. The third kappa shape index (κ3) is 3.63. The average molecular weight is 238 g/mol. The first kappa shape index (κ1) is 13.8. The number of methoxy groups -OCH3 is 2. The summed E-state index contributed by atoms with van der Waals surface area (Å²) in [6.45, 7) is 4.44. The van der Waals surface area contributed by atoms with Crippen molar-refractivity contribution >= 4 is 0 Å². The highest BCUT2D eigenvalue weighted by atomic mass is 16.5. The van der Waals surface area contributed by atoms with Crippen LogP contribution in [0.15, 0.2) is 18.2 Å². The van der Waals surface area contributed by atoms with Gasteiger partial charge in [0.25, 0.3) is 0 Å². The van der Waals surface area contributed by atoms with Crippen molar-refractivity contribution in [1.82, 2.24) is 0 Å². The molecule has 17 heavy (non-hydrogen) atoms. The van der Waals surface area contributed by atoms with Gasteiger partial charge in [0.15, 0.2) is 0 Å². The lowest BCUT2D eigenvalue weighted by molar-refractivity contribution is 0.245. The van der Waals surface area contributed by atoms with Gasteiger partial charge in [-0.25, -0.2) is 0 Å². The third-order valence-electron chi connectivity index (χ3n) is 2.86. The number of benzene rings is 1. The molecule has 0 aliphatic carbocycles. The van der Waals surface area contributed by atoms with E-state index in [0.717, 1.165) is 23.5 Å². The second-order valence-corrected chi connectivity index (χ2v) is 4.62. The molecule has 1 aromatic carbocycles. The second-order valence-electron chi connectivity index (χ2n) is 4.62. The largest absolute Gasteiger partial charge is 0.497 e. The van der Waals surface area contributed by atoms with Crippen molar-refractivity contribution < 1.29 is 14.6 Å². The third-order valence-corrected chi connectivity index (χ3v) is 2.86. The number of hydrogen-bond acceptors (Lipinski definition) is 3. The molecule has 96 valence electrons. The first-order valence-electron chi connectivity index (χ1n) is 5.95. The van der Waals surface area contributed by atoms with E-state index < -0.39 is 0 Å². The molecule has 0 aliphatic heterocycles. The van der Waals surface area contributed by atoms with Crippen LogP contribution in [0, 0.1) is 5.92 Å². The maximum atomic E-state index is 9.49. The number of hydrogen-bond donors (Lipinski definition) is 1. The molecule has 0 aromatic heterocycles. The molecule has 1 N–H and O–H groups in total. The van der Waals surface area contributed by atoms with Gasteiger partial charge in [-0.3, -0.25) is 0 Å². The van der Waals surface area contributed by atoms with Gasteiger partial charge in [0, 0.05) is 12.0 Å². The van der Waals surface area contributed by atoms with E-state index in [-0.39, 0.29) is 12.5 Å². The summed E-state index contributed by atoms with van der Waals surface area (Å²) >= 11 is 0. The molecule has 0 spiro atoms. The Hall–Kier alpha value is -1.22. The molecule has 3 heteroatoms. The Labute approximate surface area is 103 Å². The Morgan fingerprint density at radius 3 is 2.35 bits per heavy atom. The van der Waals surface area contributed by atoms with Crippen LogP contribution in [0.3, 0.4) is 0 Å². The molecule has 0 bridgehead atoms. The fourth-order valence-electron chi connectivity index (χ4n) is 2.02. The van der Waals surface area contributed by atoms with Crippen LogP contribution >= 0.6 is 0 Å². The first-order valence-corrected chi connectivity index (χ1v) is 5.95. The molecular weight excluding hydrogens is 216 g/mol. The van der Waals surface area contributed by atoms with Gasteiger partial charge >= 0.3 is 0 Å². The maximum absolute atomic E-state index is 9.49. The molecular formula is C14H22O3. The molecule has 0 heterocycles. The van der Waals surface area contributed by atoms with Gasteiger partial charge in [-0.2, -0.15) is 0 Å². The zero-order valence-corrected chi connectivity index (χ0v) is 11.1. The van der Waals surface area contributed by atoms with Crippen LogP contribution in [-0.4, -0.2) is 25.9 Å². The predicted octanol–water partition coefficient (Wildman–Crippen LogP) is 2.83. The van der Waals surface area contributed by atoms with Crippen molar-refractivity contribution in [3.05, 3.63) is 23.8 Å². The Morgan fingerprint density at radius 2 is 1.88 bits per heavy atom. The molecule has 0 aliphatic rings. The zero-order valence-electron chi connectivity index (χ0n) is 11.1. The lowest BCUT2D eigenvalue weighted by atomic mass is 9.90. The summed E-state index contributed by atoms with van der Waals surface area (Å²) < 4.78 is 10.5. The quantitative estimate of drug-likeness (QED) is 0.828. The van der Waals surface area contributed by atoms with Crippen LogP contribution in [0.25, 0.3) is 0 Å². The summed E-state index contributed by atoms with van der Waals surface area (Å²) in [6.07, 6.45) is 0.944. The number of aliphatic hydroxyl groups excluding tert-OH is 1. The molecule has 0 saturated carbocycles. The van der Waals surface area contributed by atoms with Gasteiger partial charge in [0.1, 0.15) is 11.5 Å². The summed E-state index contributed by atoms with van der Waals surface area (Å²) in [6, 6.07) is 5.74. The molecule has 3 nitrogen and oxygen atoms in total. The van der Waals surface area contributed by atoms with Crippen molar-refractivity contribution in [2.24, 2.45) is 5.92 Å². The molecule has 1 unspecified atom stereocenters. The highest BCUT2D eigenvalue weighted by molar-refractivity contribution is 5.42. The molecule has 1 aromatic rings. The van der Waals surface area contributed by atoms with Crippen molar-refractivity contribution in [3.63, 3.8) is 0 Å². The Bertz CT molecular complexity index is 347. The van der Waals surface area contributed by atoms with E-state index in [0.29, 0.717) is 5.92 Å². The molecule has 0 saturated heterocycles. The summed E-state index contributed by atoms with van der Waals surface area (Å²) in [5, 5.41) is 9.49. The van der Waals surface area contributed by atoms with E-state index in [1.165, 1.54) is 0 Å². The van der Waals surface area contributed by atoms with Gasteiger partial charge in [-0.1, -0.05) is 19.9 Å². The van der Waals surface area contributed by atoms with Crippen molar-refractivity contribution in [2.45, 2.75) is 26.2 Å². The van der Waals surface area contributed by atoms with E-state index >= 15 is 0 Å². The number of ether oxygens (including phenoxy) is 2. The first-order chi connectivity index (χ1) is 8.12. The molecule has 1 atom stereocenters. The van der Waals surface area contributed by atoms with Crippen molar-refractivity contribution in [2.75, 3.05) is 20.8 Å². The molecule has 0 amide bonds. The fourth-order valence-corrected chi connectivity index (χ4v) is 2.02. The van der Waals surface area contributed by atoms with Crippen molar-refractivity contribution in [1.29, 1.82) is 0 Å². The molecule has 0 fully saturated rings. The molecule has 0 radical (unpaired) electrons. The Morgan fingerprint density at radius 1 is 1.18 bits per heavy atom. The topological polar surface area (TPSA) is 38.7 Å². The van der Waals surface area contributed by atoms with Crippen LogP contribution in [0.5, 0.6) is 11.5 Å². The highest BCUT2D eigenvalue weighted by Gasteiger charge is 2.17. The highest BCUT2D eigenvalue weighted by Crippen LogP contribution is 2.33. The maximum Gasteiger partial charge on any atom is 0.126 e. The van der Waals surface area contributed by atoms with E-state index in [1.807, 2.05) is 18.2 Å². The van der Waals surface area contributed by atoms with Crippen LogP contribution < -0.4 is 9.47 Å². The Balaban J connectivity index is 3.01. The zero-order chi connectivity index (χ0) is 12.8. The number of aliphatic hydroxyl groups is 1. The standard InChI is InChI=1S/C14H22O3/c1-10(2)7-11(9-15)13-6-5-12(16-3)8-14(13)17-4/h5-6,8,10-11,15H,7,9H2,1-4H3. The minimum Gasteiger partial charge on any atom is -0.497 e. The number of rotatable bonds is 6.